The fourth-order valence-corrected chi connectivity index (χ4v) is 10.7. The lowest BCUT2D eigenvalue weighted by Crippen LogP contribution is -2.60. The largest absolute Gasteiger partial charge is 0.458 e. The average molecular weight is 966 g/mol. The van der Waals surface area contributed by atoms with Crippen LogP contribution >= 0.6 is 0 Å². The van der Waals surface area contributed by atoms with Gasteiger partial charge in [-0.25, -0.2) is 9.59 Å². The Bertz CT molecular complexity index is 1870. The number of carbonyl (C=O) groups excluding carboxylic acids is 6. The summed E-state index contributed by atoms with van der Waals surface area (Å²) >= 11 is 0. The van der Waals surface area contributed by atoms with E-state index in [2.05, 4.69) is 22.8 Å². The van der Waals surface area contributed by atoms with Crippen molar-refractivity contribution in [1.82, 2.24) is 25.3 Å². The molecule has 2 unspecified atom stereocenters. The highest BCUT2D eigenvalue weighted by Gasteiger charge is 2.50. The summed E-state index contributed by atoms with van der Waals surface area (Å²) in [6.45, 7) is 19.4. The van der Waals surface area contributed by atoms with E-state index in [1.165, 1.54) is 19.1 Å². The number of likely N-dealkylation sites (N-methyl/N-ethyl adjacent to an activating group) is 2. The normalized spacial score (nSPS) is 23.1. The van der Waals surface area contributed by atoms with Gasteiger partial charge in [-0.15, -0.1) is 0 Å². The van der Waals surface area contributed by atoms with E-state index in [0.29, 0.717) is 50.2 Å². The van der Waals surface area contributed by atoms with E-state index in [4.69, 9.17) is 18.9 Å². The van der Waals surface area contributed by atoms with Gasteiger partial charge in [0, 0.05) is 41.3 Å². The van der Waals surface area contributed by atoms with E-state index in [9.17, 15) is 28.8 Å². The molecule has 69 heavy (non-hydrogen) atoms. The first-order valence-corrected chi connectivity index (χ1v) is 25.6. The summed E-state index contributed by atoms with van der Waals surface area (Å²) in [7, 11) is 6.33. The standard InChI is InChI=1S/C54H87N5O10/c1-15-35(6)47(57(11)51(63)45(33(2)3)56-50(62)46(34(4)5)58(12)53(65)68-32-40-38-26-21-16-17-22-27-39(38)40)43(66-13)31-44(60)59-29-23-28-42(59)48(67-14)36(7)49(61)55-41(52(64)69-54(8,9)10)30-37-24-19-18-20-25-37/h16-20,24-25,33-36,38-43,45-48H,15,21-23,26-32H2,1-14H3,(H,55,61)(H,56,62)/b17-16-/t35-,36+,38?,39?,40?,41-,42-,43+,45-,46-,47-,48+/m0/s1. The second-order valence-electron chi connectivity index (χ2n) is 21.6. The van der Waals surface area contributed by atoms with Crippen LogP contribution in [-0.2, 0) is 49.3 Å². The van der Waals surface area contributed by atoms with E-state index in [1.807, 2.05) is 71.9 Å². The molecule has 15 heteroatoms. The fourth-order valence-electron chi connectivity index (χ4n) is 10.7. The van der Waals surface area contributed by atoms with Crippen LogP contribution in [0.25, 0.3) is 0 Å². The zero-order chi connectivity index (χ0) is 51.3. The number of nitrogens with one attached hydrogen (secondary N) is 2. The second kappa shape index (κ2) is 26.1. The minimum absolute atomic E-state index is 0.0469. The lowest BCUT2D eigenvalue weighted by atomic mass is 9.89. The molecule has 2 fully saturated rings. The number of carbonyl (C=O) groups is 6. The molecule has 2 N–H and O–H groups in total. The van der Waals surface area contributed by atoms with Gasteiger partial charge in [0.15, 0.2) is 0 Å². The van der Waals surface area contributed by atoms with Gasteiger partial charge in [0.05, 0.1) is 43.2 Å². The summed E-state index contributed by atoms with van der Waals surface area (Å²) in [6, 6.07) is 5.66. The van der Waals surface area contributed by atoms with E-state index in [0.717, 1.165) is 31.2 Å². The minimum Gasteiger partial charge on any atom is -0.458 e. The molecular weight excluding hydrogens is 879 g/mol. The highest BCUT2D eigenvalue weighted by Crippen LogP contribution is 2.53. The van der Waals surface area contributed by atoms with Gasteiger partial charge in [-0.1, -0.05) is 97.4 Å². The maximum absolute atomic E-state index is 14.7. The van der Waals surface area contributed by atoms with Gasteiger partial charge in [-0.2, -0.15) is 0 Å². The molecule has 0 aromatic heterocycles. The molecule has 1 aromatic carbocycles. The number of methoxy groups -OCH3 is 2. The molecule has 388 valence electrons. The lowest BCUT2D eigenvalue weighted by Gasteiger charge is -2.41. The highest BCUT2D eigenvalue weighted by atomic mass is 16.6. The molecule has 3 aliphatic rings. The molecule has 1 saturated heterocycles. The number of hydrogen-bond acceptors (Lipinski definition) is 10. The molecule has 0 spiro atoms. The maximum atomic E-state index is 14.7. The van der Waals surface area contributed by atoms with Crippen LogP contribution in [0, 0.1) is 41.4 Å². The number of amides is 5. The van der Waals surface area contributed by atoms with Gasteiger partial charge < -0.3 is 39.4 Å². The maximum Gasteiger partial charge on any atom is 0.410 e. The molecule has 5 amide bonds. The van der Waals surface area contributed by atoms with Gasteiger partial charge in [0.1, 0.15) is 23.7 Å². The Morgan fingerprint density at radius 3 is 1.97 bits per heavy atom. The SMILES string of the molecule is CC[C@H](C)[C@@H]([C@@H](CC(=O)N1CCC[C@H]1[C@H](OC)[C@@H](C)C(=O)N[C@@H](Cc1ccccc1)C(=O)OC(C)(C)C)OC)N(C)C(=O)[C@@H](NC(=O)[C@H](C(C)C)N(C)C(=O)OCC1C2CC/C=C\CCC21)C(C)C. The predicted octanol–water partition coefficient (Wildman–Crippen LogP) is 7.20. The van der Waals surface area contributed by atoms with Crippen LogP contribution < -0.4 is 10.6 Å². The second-order valence-corrected chi connectivity index (χ2v) is 21.6. The van der Waals surface area contributed by atoms with Crippen LogP contribution in [0.2, 0.25) is 0 Å². The van der Waals surface area contributed by atoms with Gasteiger partial charge in [-0.05, 0) is 100 Å². The fraction of sp³-hybridized carbons (Fsp3) is 0.741. The van der Waals surface area contributed by atoms with E-state index < -0.39 is 77.8 Å². The molecule has 0 bridgehead atoms. The smallest absolute Gasteiger partial charge is 0.410 e. The van der Waals surface area contributed by atoms with Crippen molar-refractivity contribution in [3.8, 4) is 0 Å². The van der Waals surface area contributed by atoms with Gasteiger partial charge in [-0.3, -0.25) is 24.1 Å². The van der Waals surface area contributed by atoms with Crippen LogP contribution in [-0.4, -0.2) is 140 Å². The third-order valence-corrected chi connectivity index (χ3v) is 14.8. The van der Waals surface area contributed by atoms with Crippen molar-refractivity contribution in [1.29, 1.82) is 0 Å². The Labute approximate surface area is 413 Å². The first-order valence-electron chi connectivity index (χ1n) is 25.6. The number of ether oxygens (including phenoxy) is 4. The van der Waals surface area contributed by atoms with Crippen molar-refractivity contribution < 1.29 is 47.7 Å². The van der Waals surface area contributed by atoms with Crippen LogP contribution in [0.5, 0.6) is 0 Å². The van der Waals surface area contributed by atoms with Crippen LogP contribution in [0.4, 0.5) is 4.79 Å². The van der Waals surface area contributed by atoms with Crippen molar-refractivity contribution in [2.45, 2.75) is 175 Å². The van der Waals surface area contributed by atoms with Crippen molar-refractivity contribution in [2.24, 2.45) is 41.4 Å². The Hall–Kier alpha value is -4.50. The quantitative estimate of drug-likeness (QED) is 0.0844. The summed E-state index contributed by atoms with van der Waals surface area (Å²) in [6.07, 6.45) is 8.96. The number of fused-ring (bicyclic) bond motifs is 1. The number of esters is 1. The van der Waals surface area contributed by atoms with Crippen molar-refractivity contribution >= 4 is 35.7 Å². The third-order valence-electron chi connectivity index (χ3n) is 14.8. The van der Waals surface area contributed by atoms with Crippen molar-refractivity contribution in [2.75, 3.05) is 41.5 Å². The molecule has 1 aliphatic heterocycles. The van der Waals surface area contributed by atoms with Gasteiger partial charge in [0.25, 0.3) is 0 Å². The Kier molecular flexibility index (Phi) is 21.6. The zero-order valence-electron chi connectivity index (χ0n) is 44.3. The molecule has 1 heterocycles. The first kappa shape index (κ1) is 57.1. The lowest BCUT2D eigenvalue weighted by molar-refractivity contribution is -0.159. The summed E-state index contributed by atoms with van der Waals surface area (Å²) < 4.78 is 23.6. The van der Waals surface area contributed by atoms with Crippen molar-refractivity contribution in [3.63, 3.8) is 0 Å². The molecule has 4 rings (SSSR count). The predicted molar refractivity (Wildman–Crippen MR) is 267 cm³/mol. The molecule has 1 aromatic rings. The Morgan fingerprint density at radius 2 is 1.43 bits per heavy atom. The van der Waals surface area contributed by atoms with E-state index in [-0.39, 0.29) is 42.4 Å². The van der Waals surface area contributed by atoms with Crippen LogP contribution in [0.3, 0.4) is 0 Å². The molecular formula is C54H87N5O10. The first-order chi connectivity index (χ1) is 32.6. The van der Waals surface area contributed by atoms with Gasteiger partial charge >= 0.3 is 12.1 Å². The average Bonchev–Trinajstić information content (AvgIpc) is 3.66. The molecule has 0 radical (unpaired) electrons. The summed E-state index contributed by atoms with van der Waals surface area (Å²) in [4.78, 5) is 89.0. The Morgan fingerprint density at radius 1 is 0.812 bits per heavy atom. The molecule has 1 saturated carbocycles. The number of allylic oxidation sites excluding steroid dienone is 2. The number of likely N-dealkylation sites (tertiary alicyclic amines) is 1. The van der Waals surface area contributed by atoms with Crippen LogP contribution in [0.1, 0.15) is 126 Å². The number of rotatable bonds is 23. The third kappa shape index (κ3) is 15.5. The molecule has 2 aliphatic carbocycles. The van der Waals surface area contributed by atoms with Gasteiger partial charge in [0.2, 0.25) is 23.6 Å². The van der Waals surface area contributed by atoms with Crippen LogP contribution in [0.15, 0.2) is 42.5 Å². The topological polar surface area (TPSA) is 173 Å². The highest BCUT2D eigenvalue weighted by molar-refractivity contribution is 5.92. The summed E-state index contributed by atoms with van der Waals surface area (Å²) in [5.41, 5.74) is 0.103. The zero-order valence-corrected chi connectivity index (χ0v) is 44.3. The van der Waals surface area contributed by atoms with E-state index in [1.54, 1.807) is 51.6 Å². The van der Waals surface area contributed by atoms with Crippen molar-refractivity contribution in [3.05, 3.63) is 48.0 Å². The Balaban J connectivity index is 1.45. The summed E-state index contributed by atoms with van der Waals surface area (Å²) in [5, 5.41) is 5.94. The molecule has 11 atom stereocenters. The number of hydrogen-bond donors (Lipinski definition) is 2. The minimum atomic E-state index is -0.945. The number of benzene rings is 1. The monoisotopic (exact) mass is 966 g/mol. The van der Waals surface area contributed by atoms with E-state index >= 15 is 0 Å². The molecule has 15 nitrogen and oxygen atoms in total. The number of nitrogens with zero attached hydrogens (tertiary/aromatic N) is 3. The summed E-state index contributed by atoms with van der Waals surface area (Å²) in [5.74, 6) is -1.89.